The van der Waals surface area contributed by atoms with Crippen LogP contribution in [0.25, 0.3) is 0 Å². The van der Waals surface area contributed by atoms with Crippen molar-refractivity contribution in [3.05, 3.63) is 12.3 Å². The SMILES string of the molecule is Nc1ccn(CC2CC3CC3C2)n1. The molecule has 2 aliphatic rings. The van der Waals surface area contributed by atoms with Crippen molar-refractivity contribution in [3.63, 3.8) is 0 Å². The normalized spacial score (nSPS) is 36.2. The lowest BCUT2D eigenvalue weighted by Gasteiger charge is -2.10. The summed E-state index contributed by atoms with van der Waals surface area (Å²) in [5.41, 5.74) is 5.56. The number of rotatable bonds is 2. The van der Waals surface area contributed by atoms with E-state index in [1.807, 2.05) is 16.9 Å². The van der Waals surface area contributed by atoms with Gasteiger partial charge in [-0.2, -0.15) is 5.10 Å². The molecule has 0 aromatic carbocycles. The number of nitrogen functional groups attached to an aromatic ring is 1. The fourth-order valence-electron chi connectivity index (χ4n) is 2.73. The predicted octanol–water partition coefficient (Wildman–Crippen LogP) is 1.51. The first-order chi connectivity index (χ1) is 6.31. The molecule has 2 atom stereocenters. The first kappa shape index (κ1) is 7.42. The molecule has 0 amide bonds. The molecular weight excluding hydrogens is 162 g/mol. The van der Waals surface area contributed by atoms with Crippen LogP contribution < -0.4 is 5.73 Å². The van der Waals surface area contributed by atoms with Gasteiger partial charge in [-0.15, -0.1) is 0 Å². The molecule has 1 aromatic rings. The number of nitrogens with zero attached hydrogens (tertiary/aromatic N) is 2. The average Bonchev–Trinajstić information content (AvgIpc) is 2.55. The smallest absolute Gasteiger partial charge is 0.145 e. The van der Waals surface area contributed by atoms with Gasteiger partial charge >= 0.3 is 0 Å². The molecule has 3 rings (SSSR count). The molecule has 70 valence electrons. The maximum atomic E-state index is 5.56. The van der Waals surface area contributed by atoms with E-state index in [1.54, 1.807) is 0 Å². The molecule has 0 bridgehead atoms. The Balaban J connectivity index is 1.63. The van der Waals surface area contributed by atoms with Crippen molar-refractivity contribution < 1.29 is 0 Å². The topological polar surface area (TPSA) is 43.8 Å². The fourth-order valence-corrected chi connectivity index (χ4v) is 2.73. The monoisotopic (exact) mass is 177 g/mol. The lowest BCUT2D eigenvalue weighted by molar-refractivity contribution is 0.396. The lowest BCUT2D eigenvalue weighted by atomic mass is 10.0. The molecule has 13 heavy (non-hydrogen) atoms. The third-order valence-corrected chi connectivity index (χ3v) is 3.45. The van der Waals surface area contributed by atoms with Crippen LogP contribution in [-0.2, 0) is 6.54 Å². The van der Waals surface area contributed by atoms with Crippen LogP contribution in [0.15, 0.2) is 12.3 Å². The predicted molar refractivity (Wildman–Crippen MR) is 51.0 cm³/mol. The highest BCUT2D eigenvalue weighted by Gasteiger charge is 2.45. The highest BCUT2D eigenvalue weighted by Crippen LogP contribution is 2.54. The van der Waals surface area contributed by atoms with Crippen LogP contribution in [0.3, 0.4) is 0 Å². The minimum absolute atomic E-state index is 0.642. The van der Waals surface area contributed by atoms with Gasteiger partial charge in [-0.25, -0.2) is 0 Å². The molecule has 3 heteroatoms. The van der Waals surface area contributed by atoms with Crippen LogP contribution in [0.5, 0.6) is 0 Å². The summed E-state index contributed by atoms with van der Waals surface area (Å²) in [4.78, 5) is 0. The van der Waals surface area contributed by atoms with Gasteiger partial charge in [0.05, 0.1) is 0 Å². The number of fused-ring (bicyclic) bond motifs is 1. The van der Waals surface area contributed by atoms with Gasteiger partial charge in [-0.05, 0) is 43.1 Å². The standard InChI is InChI=1S/C10H15N3/c11-10-1-2-13(12-10)6-7-3-8-5-9(8)4-7/h1-2,7-9H,3-6H2,(H2,11,12). The number of hydrogen-bond acceptors (Lipinski definition) is 2. The fraction of sp³-hybridized carbons (Fsp3) is 0.700. The Morgan fingerprint density at radius 3 is 2.77 bits per heavy atom. The number of aromatic nitrogens is 2. The van der Waals surface area contributed by atoms with Crippen molar-refractivity contribution in [2.75, 3.05) is 5.73 Å². The zero-order valence-corrected chi connectivity index (χ0v) is 7.69. The lowest BCUT2D eigenvalue weighted by Crippen LogP contribution is -2.09. The minimum Gasteiger partial charge on any atom is -0.382 e. The van der Waals surface area contributed by atoms with Crippen molar-refractivity contribution in [2.45, 2.75) is 25.8 Å². The van der Waals surface area contributed by atoms with Crippen molar-refractivity contribution in [1.29, 1.82) is 0 Å². The second-order valence-electron chi connectivity index (χ2n) is 4.56. The van der Waals surface area contributed by atoms with Crippen LogP contribution in [0.4, 0.5) is 5.82 Å². The molecule has 2 N–H and O–H groups in total. The summed E-state index contributed by atoms with van der Waals surface area (Å²) in [6, 6.07) is 1.87. The van der Waals surface area contributed by atoms with E-state index in [1.165, 1.54) is 19.3 Å². The van der Waals surface area contributed by atoms with Crippen LogP contribution >= 0.6 is 0 Å². The molecule has 2 saturated carbocycles. The molecule has 0 saturated heterocycles. The van der Waals surface area contributed by atoms with Crippen molar-refractivity contribution in [1.82, 2.24) is 9.78 Å². The zero-order chi connectivity index (χ0) is 8.84. The molecular formula is C10H15N3. The molecule has 0 spiro atoms. The summed E-state index contributed by atoms with van der Waals surface area (Å²) in [5.74, 6) is 3.64. The number of nitrogens with two attached hydrogens (primary N) is 1. The second-order valence-corrected chi connectivity index (χ2v) is 4.56. The molecule has 0 aliphatic heterocycles. The maximum Gasteiger partial charge on any atom is 0.145 e. The van der Waals surface area contributed by atoms with E-state index in [0.29, 0.717) is 5.82 Å². The van der Waals surface area contributed by atoms with Gasteiger partial charge in [0.15, 0.2) is 0 Å². The van der Waals surface area contributed by atoms with Gasteiger partial charge in [0.1, 0.15) is 5.82 Å². The molecule has 0 radical (unpaired) electrons. The number of anilines is 1. The molecule has 2 fully saturated rings. The van der Waals surface area contributed by atoms with Gasteiger partial charge in [0.25, 0.3) is 0 Å². The molecule has 3 nitrogen and oxygen atoms in total. The summed E-state index contributed by atoms with van der Waals surface area (Å²) >= 11 is 0. The van der Waals surface area contributed by atoms with Gasteiger partial charge in [0.2, 0.25) is 0 Å². The number of hydrogen-bond donors (Lipinski definition) is 1. The summed E-state index contributed by atoms with van der Waals surface area (Å²) in [7, 11) is 0. The van der Waals surface area contributed by atoms with E-state index in [4.69, 9.17) is 5.73 Å². The summed E-state index contributed by atoms with van der Waals surface area (Å²) in [5, 5.41) is 4.21. The van der Waals surface area contributed by atoms with Gasteiger partial charge in [-0.1, -0.05) is 0 Å². The summed E-state index contributed by atoms with van der Waals surface area (Å²) in [6.45, 7) is 1.07. The third kappa shape index (κ3) is 1.32. The first-order valence-electron chi connectivity index (χ1n) is 5.10. The Morgan fingerprint density at radius 1 is 1.38 bits per heavy atom. The Bertz CT molecular complexity index is 308. The maximum absolute atomic E-state index is 5.56. The Labute approximate surface area is 77.9 Å². The summed E-state index contributed by atoms with van der Waals surface area (Å²) < 4.78 is 1.99. The quantitative estimate of drug-likeness (QED) is 0.744. The Morgan fingerprint density at radius 2 is 2.15 bits per heavy atom. The molecule has 2 unspecified atom stereocenters. The zero-order valence-electron chi connectivity index (χ0n) is 7.69. The van der Waals surface area contributed by atoms with Crippen molar-refractivity contribution in [2.24, 2.45) is 17.8 Å². The van der Waals surface area contributed by atoms with Crippen LogP contribution in [0, 0.1) is 17.8 Å². The van der Waals surface area contributed by atoms with E-state index in [2.05, 4.69) is 5.10 Å². The first-order valence-corrected chi connectivity index (χ1v) is 5.10. The van der Waals surface area contributed by atoms with E-state index in [0.717, 1.165) is 24.3 Å². The largest absolute Gasteiger partial charge is 0.382 e. The summed E-state index contributed by atoms with van der Waals surface area (Å²) in [6.07, 6.45) is 6.33. The molecule has 1 aromatic heterocycles. The van der Waals surface area contributed by atoms with Crippen LogP contribution in [0.1, 0.15) is 19.3 Å². The van der Waals surface area contributed by atoms with Gasteiger partial charge in [0, 0.05) is 12.7 Å². The van der Waals surface area contributed by atoms with Crippen molar-refractivity contribution in [3.8, 4) is 0 Å². The van der Waals surface area contributed by atoms with E-state index >= 15 is 0 Å². The van der Waals surface area contributed by atoms with Crippen LogP contribution in [-0.4, -0.2) is 9.78 Å². The van der Waals surface area contributed by atoms with E-state index in [-0.39, 0.29) is 0 Å². The highest BCUT2D eigenvalue weighted by atomic mass is 15.3. The molecule has 1 heterocycles. The van der Waals surface area contributed by atoms with Gasteiger partial charge in [-0.3, -0.25) is 4.68 Å². The second kappa shape index (κ2) is 2.50. The van der Waals surface area contributed by atoms with Crippen LogP contribution in [0.2, 0.25) is 0 Å². The third-order valence-electron chi connectivity index (χ3n) is 3.45. The average molecular weight is 177 g/mol. The minimum atomic E-state index is 0.642. The Hall–Kier alpha value is -0.990. The molecule has 2 aliphatic carbocycles. The van der Waals surface area contributed by atoms with Gasteiger partial charge < -0.3 is 5.73 Å². The van der Waals surface area contributed by atoms with E-state index in [9.17, 15) is 0 Å². The van der Waals surface area contributed by atoms with Crippen molar-refractivity contribution >= 4 is 5.82 Å². The Kier molecular flexibility index (Phi) is 1.43. The van der Waals surface area contributed by atoms with E-state index < -0.39 is 0 Å². The highest BCUT2D eigenvalue weighted by molar-refractivity contribution is 5.23.